The van der Waals surface area contributed by atoms with Crippen molar-refractivity contribution in [2.75, 3.05) is 0 Å². The van der Waals surface area contributed by atoms with Crippen molar-refractivity contribution < 1.29 is 14.0 Å². The highest BCUT2D eigenvalue weighted by Crippen LogP contribution is 2.27. The Morgan fingerprint density at radius 2 is 2.04 bits per heavy atom. The van der Waals surface area contributed by atoms with Gasteiger partial charge in [0.1, 0.15) is 5.82 Å². The summed E-state index contributed by atoms with van der Waals surface area (Å²) in [6.07, 6.45) is 1.20. The zero-order valence-corrected chi connectivity index (χ0v) is 15.8. The molecule has 0 bridgehead atoms. The van der Waals surface area contributed by atoms with Gasteiger partial charge in [-0.15, -0.1) is 0 Å². The lowest BCUT2D eigenvalue weighted by Crippen LogP contribution is -2.32. The molecule has 6 nitrogen and oxygen atoms in total. The molecule has 144 valence electrons. The molecular weight excluding hydrogens is 383 g/mol. The van der Waals surface area contributed by atoms with E-state index < -0.39 is 23.7 Å². The van der Waals surface area contributed by atoms with E-state index in [0.717, 1.165) is 5.56 Å². The van der Waals surface area contributed by atoms with Crippen LogP contribution in [0, 0.1) is 12.7 Å². The molecule has 8 heteroatoms. The third-order valence-corrected chi connectivity index (χ3v) is 4.59. The Bertz CT molecular complexity index is 1030. The number of aromatic amines is 1. The largest absolute Gasteiger partial charge is 0.370 e. The number of hydrogen-bond donors (Lipinski definition) is 3. The molecule has 0 aliphatic carbocycles. The van der Waals surface area contributed by atoms with Crippen molar-refractivity contribution in [1.29, 1.82) is 0 Å². The molecule has 0 spiro atoms. The summed E-state index contributed by atoms with van der Waals surface area (Å²) in [4.78, 5) is 24.4. The predicted molar refractivity (Wildman–Crippen MR) is 104 cm³/mol. The number of halogens is 2. The zero-order valence-electron chi connectivity index (χ0n) is 15.0. The number of primary amides is 1. The molecule has 1 atom stereocenters. The second-order valence-corrected chi connectivity index (χ2v) is 6.77. The number of hydrogen-bond acceptors (Lipinski definition) is 3. The van der Waals surface area contributed by atoms with E-state index in [1.165, 1.54) is 12.3 Å². The van der Waals surface area contributed by atoms with Crippen LogP contribution in [0.25, 0.3) is 11.3 Å². The lowest BCUT2D eigenvalue weighted by Gasteiger charge is -2.20. The fraction of sp³-hybridized carbons (Fsp3) is 0.150. The molecule has 0 aliphatic heterocycles. The van der Waals surface area contributed by atoms with Crippen LogP contribution in [0.3, 0.4) is 0 Å². The molecule has 0 fully saturated rings. The molecular formula is C20H18ClFN4O2. The van der Waals surface area contributed by atoms with Gasteiger partial charge in [0, 0.05) is 10.6 Å². The van der Waals surface area contributed by atoms with Crippen LogP contribution in [0.5, 0.6) is 0 Å². The van der Waals surface area contributed by atoms with Crippen molar-refractivity contribution in [3.05, 3.63) is 76.2 Å². The first-order chi connectivity index (χ1) is 13.4. The summed E-state index contributed by atoms with van der Waals surface area (Å²) in [6.45, 7) is 1.84. The first-order valence-corrected chi connectivity index (χ1v) is 8.88. The van der Waals surface area contributed by atoms with Gasteiger partial charge in [0.2, 0.25) is 5.91 Å². The van der Waals surface area contributed by atoms with Gasteiger partial charge in [0.25, 0.3) is 5.91 Å². The molecule has 0 radical (unpaired) electrons. The highest BCUT2D eigenvalue weighted by Gasteiger charge is 2.23. The number of carbonyl (C=O) groups is 2. The number of aromatic nitrogens is 2. The highest BCUT2D eigenvalue weighted by molar-refractivity contribution is 6.30. The van der Waals surface area contributed by atoms with E-state index in [9.17, 15) is 14.0 Å². The number of H-pyrrole nitrogens is 1. The Morgan fingerprint density at radius 1 is 1.29 bits per heavy atom. The van der Waals surface area contributed by atoms with Crippen LogP contribution >= 0.6 is 11.6 Å². The van der Waals surface area contributed by atoms with Crippen molar-refractivity contribution in [3.63, 3.8) is 0 Å². The minimum atomic E-state index is -0.688. The van der Waals surface area contributed by atoms with Crippen LogP contribution in [0.2, 0.25) is 5.02 Å². The Balaban J connectivity index is 1.94. The normalized spacial score (nSPS) is 11.8. The van der Waals surface area contributed by atoms with Crippen LogP contribution in [-0.4, -0.2) is 22.0 Å². The van der Waals surface area contributed by atoms with Gasteiger partial charge in [0.05, 0.1) is 29.9 Å². The van der Waals surface area contributed by atoms with Crippen molar-refractivity contribution in [3.8, 4) is 11.3 Å². The van der Waals surface area contributed by atoms with Gasteiger partial charge in [-0.2, -0.15) is 5.10 Å². The van der Waals surface area contributed by atoms with Gasteiger partial charge in [-0.05, 0) is 42.3 Å². The maximum Gasteiger partial charge on any atom is 0.255 e. The van der Waals surface area contributed by atoms with E-state index in [1.807, 2.05) is 6.92 Å². The third-order valence-electron chi connectivity index (χ3n) is 4.35. The molecule has 3 rings (SSSR count). The summed E-state index contributed by atoms with van der Waals surface area (Å²) < 4.78 is 14.1. The number of benzene rings is 2. The smallest absolute Gasteiger partial charge is 0.255 e. The lowest BCUT2D eigenvalue weighted by molar-refractivity contribution is -0.118. The second kappa shape index (κ2) is 8.22. The number of nitrogens with one attached hydrogen (secondary N) is 2. The van der Waals surface area contributed by atoms with Crippen LogP contribution in [0.1, 0.15) is 33.9 Å². The SMILES string of the molecule is Cc1ccc(Cl)cc1[C@@H](CC(N)=O)NC(=O)c1cn[nH]c1-c1ccccc1F. The van der Waals surface area contributed by atoms with Gasteiger partial charge in [-0.25, -0.2) is 4.39 Å². The number of amides is 2. The molecule has 0 saturated heterocycles. The summed E-state index contributed by atoms with van der Waals surface area (Å²) in [7, 11) is 0. The van der Waals surface area contributed by atoms with Gasteiger partial charge in [0.15, 0.2) is 0 Å². The van der Waals surface area contributed by atoms with Gasteiger partial charge < -0.3 is 11.1 Å². The van der Waals surface area contributed by atoms with Crippen molar-refractivity contribution in [2.45, 2.75) is 19.4 Å². The molecule has 4 N–H and O–H groups in total. The summed E-state index contributed by atoms with van der Waals surface area (Å²) >= 11 is 6.07. The van der Waals surface area contributed by atoms with E-state index in [0.29, 0.717) is 10.6 Å². The molecule has 1 aromatic heterocycles. The standard InChI is InChI=1S/C20H18ClFN4O2/c1-11-6-7-12(21)8-14(11)17(9-18(23)27)25-20(28)15-10-24-26-19(15)13-4-2-3-5-16(13)22/h2-8,10,17H,9H2,1H3,(H2,23,27)(H,24,26)(H,25,28)/t17-/m1/s1. The van der Waals surface area contributed by atoms with E-state index in [1.54, 1.807) is 36.4 Å². The topological polar surface area (TPSA) is 101 Å². The molecule has 0 aliphatic rings. The van der Waals surface area contributed by atoms with Gasteiger partial charge >= 0.3 is 0 Å². The molecule has 2 aromatic carbocycles. The summed E-state index contributed by atoms with van der Waals surface area (Å²) in [6, 6.07) is 10.6. The summed E-state index contributed by atoms with van der Waals surface area (Å²) in [5.74, 6) is -1.58. The van der Waals surface area contributed by atoms with E-state index >= 15 is 0 Å². The Hall–Kier alpha value is -3.19. The quantitative estimate of drug-likeness (QED) is 0.590. The molecule has 0 saturated carbocycles. The van der Waals surface area contributed by atoms with E-state index in [2.05, 4.69) is 15.5 Å². The number of nitrogens with zero attached hydrogens (tertiary/aromatic N) is 1. The Labute approximate surface area is 165 Å². The molecule has 1 heterocycles. The molecule has 3 aromatic rings. The summed E-state index contributed by atoms with van der Waals surface area (Å²) in [5.41, 5.74) is 7.50. The maximum absolute atomic E-state index is 14.1. The first kappa shape index (κ1) is 19.6. The van der Waals surface area contributed by atoms with Crippen LogP contribution in [0.4, 0.5) is 4.39 Å². The Morgan fingerprint density at radius 3 is 2.75 bits per heavy atom. The number of carbonyl (C=O) groups excluding carboxylic acids is 2. The average molecular weight is 401 g/mol. The number of rotatable bonds is 6. The molecule has 28 heavy (non-hydrogen) atoms. The van der Waals surface area contributed by atoms with Crippen molar-refractivity contribution in [2.24, 2.45) is 5.73 Å². The fourth-order valence-corrected chi connectivity index (χ4v) is 3.17. The Kier molecular flexibility index (Phi) is 5.75. The first-order valence-electron chi connectivity index (χ1n) is 8.50. The van der Waals surface area contributed by atoms with E-state index in [4.69, 9.17) is 17.3 Å². The molecule has 0 unspecified atom stereocenters. The second-order valence-electron chi connectivity index (χ2n) is 6.34. The highest BCUT2D eigenvalue weighted by atomic mass is 35.5. The lowest BCUT2D eigenvalue weighted by atomic mass is 9.97. The number of nitrogens with two attached hydrogens (primary N) is 1. The zero-order chi connectivity index (χ0) is 20.3. The average Bonchev–Trinajstić information content (AvgIpc) is 3.13. The van der Waals surface area contributed by atoms with E-state index in [-0.39, 0.29) is 23.2 Å². The monoisotopic (exact) mass is 400 g/mol. The van der Waals surface area contributed by atoms with Crippen LogP contribution < -0.4 is 11.1 Å². The third kappa shape index (κ3) is 4.20. The summed E-state index contributed by atoms with van der Waals surface area (Å²) in [5, 5.41) is 9.78. The van der Waals surface area contributed by atoms with Gasteiger partial charge in [-0.3, -0.25) is 14.7 Å². The minimum Gasteiger partial charge on any atom is -0.370 e. The molecule has 2 amide bonds. The van der Waals surface area contributed by atoms with Crippen LogP contribution in [0.15, 0.2) is 48.7 Å². The maximum atomic E-state index is 14.1. The van der Waals surface area contributed by atoms with Crippen molar-refractivity contribution >= 4 is 23.4 Å². The van der Waals surface area contributed by atoms with Gasteiger partial charge in [-0.1, -0.05) is 29.8 Å². The number of aryl methyl sites for hydroxylation is 1. The van der Waals surface area contributed by atoms with Crippen molar-refractivity contribution in [1.82, 2.24) is 15.5 Å². The predicted octanol–water partition coefficient (Wildman–Crippen LogP) is 3.52. The van der Waals surface area contributed by atoms with Crippen LogP contribution in [-0.2, 0) is 4.79 Å². The fourth-order valence-electron chi connectivity index (χ4n) is 2.99. The minimum absolute atomic E-state index is 0.111.